The van der Waals surface area contributed by atoms with Crippen molar-refractivity contribution < 1.29 is 9.59 Å². The van der Waals surface area contributed by atoms with Crippen LogP contribution in [0, 0.1) is 22.7 Å². The average Bonchev–Trinajstić information content (AvgIpc) is 2.60. The van der Waals surface area contributed by atoms with Crippen molar-refractivity contribution >= 4 is 37.1 Å². The van der Waals surface area contributed by atoms with Crippen molar-refractivity contribution in [1.82, 2.24) is 10.6 Å². The van der Waals surface area contributed by atoms with Crippen LogP contribution in [0.3, 0.4) is 0 Å². The van der Waals surface area contributed by atoms with Gasteiger partial charge in [-0.25, -0.2) is 0 Å². The molecule has 2 N–H and O–H groups in total. The number of hydrogen-bond donors (Lipinski definition) is 4. The number of carbonyl (C=O) groups excluding carboxylic acids is 2. The van der Waals surface area contributed by atoms with E-state index in [1.807, 2.05) is 6.92 Å². The highest BCUT2D eigenvalue weighted by molar-refractivity contribution is 7.81. The molecule has 0 saturated carbocycles. The summed E-state index contributed by atoms with van der Waals surface area (Å²) >= 11 is 8.92. The minimum atomic E-state index is -0.00545. The third-order valence-electron chi connectivity index (χ3n) is 5.57. The monoisotopic (exact) mass is 520 g/mol. The molecule has 6 heteroatoms. The number of nitrogens with one attached hydrogen (secondary N) is 2. The van der Waals surface area contributed by atoms with Gasteiger partial charge in [-0.3, -0.25) is 9.59 Å². The Morgan fingerprint density at radius 3 is 1.82 bits per heavy atom. The van der Waals surface area contributed by atoms with E-state index in [-0.39, 0.29) is 40.7 Å². The average molecular weight is 521 g/mol. The lowest BCUT2D eigenvalue weighted by atomic mass is 9.83. The number of thiol groups is 2. The molecule has 0 radical (unpaired) electrons. The van der Waals surface area contributed by atoms with E-state index in [2.05, 4.69) is 98.2 Å². The van der Waals surface area contributed by atoms with E-state index in [1.165, 1.54) is 19.3 Å². The van der Waals surface area contributed by atoms with E-state index in [4.69, 9.17) is 0 Å². The maximum Gasteiger partial charge on any atom is 0.222 e. The molecule has 0 rings (SSSR count). The number of hydrogen-bond acceptors (Lipinski definition) is 4. The summed E-state index contributed by atoms with van der Waals surface area (Å²) in [5.74, 6) is 0.977. The van der Waals surface area contributed by atoms with Crippen molar-refractivity contribution in [3.63, 3.8) is 0 Å². The highest BCUT2D eigenvalue weighted by atomic mass is 32.1. The Bertz CT molecular complexity index is 555. The Morgan fingerprint density at radius 2 is 1.41 bits per heavy atom. The maximum atomic E-state index is 12.2. The minimum Gasteiger partial charge on any atom is -0.356 e. The van der Waals surface area contributed by atoms with Crippen molar-refractivity contribution in [3.05, 3.63) is 0 Å². The molecule has 0 heterocycles. The zero-order valence-electron chi connectivity index (χ0n) is 23.6. The van der Waals surface area contributed by atoms with Gasteiger partial charge < -0.3 is 10.6 Å². The van der Waals surface area contributed by atoms with Crippen molar-refractivity contribution in [2.75, 3.05) is 13.1 Å². The van der Waals surface area contributed by atoms with Crippen LogP contribution in [0.4, 0.5) is 0 Å². The second-order valence-electron chi connectivity index (χ2n) is 12.4. The van der Waals surface area contributed by atoms with Crippen LogP contribution in [0.2, 0.25) is 0 Å². The first-order valence-corrected chi connectivity index (χ1v) is 13.7. The van der Waals surface area contributed by atoms with Gasteiger partial charge in [0.1, 0.15) is 0 Å². The maximum absolute atomic E-state index is 12.2. The van der Waals surface area contributed by atoms with Crippen LogP contribution < -0.4 is 10.6 Å². The zero-order chi connectivity index (χ0) is 26.5. The summed E-state index contributed by atoms with van der Waals surface area (Å²) in [5, 5.41) is 6.34. The molecule has 0 aliphatic rings. The molecule has 206 valence electrons. The summed E-state index contributed by atoms with van der Waals surface area (Å²) in [5.41, 5.74) is 0.224. The summed E-state index contributed by atoms with van der Waals surface area (Å²) in [7, 11) is 0. The number of carbonyl (C=O) groups is 2. The lowest BCUT2D eigenvalue weighted by Gasteiger charge is -2.32. The fourth-order valence-corrected chi connectivity index (χ4v) is 5.27. The van der Waals surface area contributed by atoms with E-state index in [0.717, 1.165) is 32.4 Å². The summed E-state index contributed by atoms with van der Waals surface area (Å²) in [6.07, 6.45) is 6.71. The molecule has 3 atom stereocenters. The first kappa shape index (κ1) is 38.2. The van der Waals surface area contributed by atoms with Gasteiger partial charge in [0.25, 0.3) is 0 Å². The van der Waals surface area contributed by atoms with Crippen LogP contribution >= 0.6 is 25.3 Å². The molecular formula is C28H60N2O2S2. The number of amides is 2. The highest BCUT2D eigenvalue weighted by Gasteiger charge is 2.27. The smallest absolute Gasteiger partial charge is 0.222 e. The largest absolute Gasteiger partial charge is 0.356 e. The Morgan fingerprint density at radius 1 is 0.912 bits per heavy atom. The first-order valence-electron chi connectivity index (χ1n) is 12.7. The summed E-state index contributed by atoms with van der Waals surface area (Å²) in [4.78, 5) is 22.9. The van der Waals surface area contributed by atoms with Gasteiger partial charge in [0.15, 0.2) is 0 Å². The van der Waals surface area contributed by atoms with Crippen molar-refractivity contribution in [3.8, 4) is 0 Å². The van der Waals surface area contributed by atoms with Crippen molar-refractivity contribution in [1.29, 1.82) is 0 Å². The van der Waals surface area contributed by atoms with E-state index in [1.54, 1.807) is 6.92 Å². The topological polar surface area (TPSA) is 58.2 Å². The lowest BCUT2D eigenvalue weighted by molar-refractivity contribution is -0.125. The quantitative estimate of drug-likeness (QED) is 0.178. The molecule has 0 fully saturated rings. The molecule has 0 aromatic heterocycles. The molecule has 0 aliphatic carbocycles. The molecule has 0 bridgehead atoms. The normalized spacial score (nSPS) is 14.6. The Kier molecular flexibility index (Phi) is 20.2. The molecule has 0 aromatic carbocycles. The minimum absolute atomic E-state index is 0. The van der Waals surface area contributed by atoms with Gasteiger partial charge in [-0.2, -0.15) is 25.3 Å². The van der Waals surface area contributed by atoms with Gasteiger partial charge in [-0.05, 0) is 41.3 Å². The molecular weight excluding hydrogens is 460 g/mol. The molecule has 3 unspecified atom stereocenters. The van der Waals surface area contributed by atoms with Crippen LogP contribution in [-0.4, -0.2) is 34.9 Å². The zero-order valence-corrected chi connectivity index (χ0v) is 25.4. The van der Waals surface area contributed by atoms with Crippen LogP contribution in [0.5, 0.6) is 0 Å². The molecule has 4 nitrogen and oxygen atoms in total. The summed E-state index contributed by atoms with van der Waals surface area (Å²) in [6, 6.07) is 0. The number of unbranched alkanes of at least 4 members (excludes halogenated alkanes) is 1. The van der Waals surface area contributed by atoms with Gasteiger partial charge in [-0.1, -0.05) is 95.9 Å². The van der Waals surface area contributed by atoms with Gasteiger partial charge in [0.05, 0.1) is 0 Å². The highest BCUT2D eigenvalue weighted by Crippen LogP contribution is 2.31. The number of rotatable bonds is 14. The fourth-order valence-electron chi connectivity index (χ4n) is 4.35. The second kappa shape index (κ2) is 18.0. The Labute approximate surface area is 224 Å². The van der Waals surface area contributed by atoms with Crippen LogP contribution in [0.15, 0.2) is 0 Å². The van der Waals surface area contributed by atoms with E-state index >= 15 is 0 Å². The molecule has 0 aromatic rings. The molecule has 2 amide bonds. The van der Waals surface area contributed by atoms with Crippen LogP contribution in [0.25, 0.3) is 0 Å². The Hall–Kier alpha value is -0.360. The van der Waals surface area contributed by atoms with E-state index < -0.39 is 0 Å². The fraction of sp³-hybridized carbons (Fsp3) is 0.929. The molecule has 0 saturated heterocycles. The van der Waals surface area contributed by atoms with Crippen LogP contribution in [0.1, 0.15) is 122 Å². The molecule has 34 heavy (non-hydrogen) atoms. The van der Waals surface area contributed by atoms with Crippen molar-refractivity contribution in [2.45, 2.75) is 132 Å². The predicted molar refractivity (Wildman–Crippen MR) is 159 cm³/mol. The van der Waals surface area contributed by atoms with Gasteiger partial charge in [0, 0.05) is 30.7 Å². The van der Waals surface area contributed by atoms with Crippen LogP contribution in [-0.2, 0) is 9.59 Å². The van der Waals surface area contributed by atoms with Gasteiger partial charge >= 0.3 is 0 Å². The second-order valence-corrected chi connectivity index (χ2v) is 14.5. The lowest BCUT2D eigenvalue weighted by Crippen LogP contribution is -2.39. The predicted octanol–water partition coefficient (Wildman–Crippen LogP) is 7.57. The third-order valence-corrected chi connectivity index (χ3v) is 5.91. The SMILES string of the molecule is C.CC(=O)NCC(C)(C)CC(C)S.CCCCC(C)CC(C)C(=O)NCC(C)(C)CC(C)(C)S. The molecule has 0 aliphatic heterocycles. The third kappa shape index (κ3) is 24.8. The molecule has 0 spiro atoms. The summed E-state index contributed by atoms with van der Waals surface area (Å²) < 4.78 is -0.00545. The first-order chi connectivity index (χ1) is 14.8. The van der Waals surface area contributed by atoms with Crippen molar-refractivity contribution in [2.24, 2.45) is 22.7 Å². The van der Waals surface area contributed by atoms with E-state index in [0.29, 0.717) is 11.2 Å². The summed E-state index contributed by atoms with van der Waals surface area (Å²) in [6.45, 7) is 24.5. The standard InChI is InChI=1S/C18H37NOS.C9H19NOS.CH4/c1-8-9-10-14(2)11-15(3)16(20)19-13-17(4,5)12-18(6,7)21;1-7(12)5-9(3,4)6-10-8(2)11;/h14-15,21H,8-13H2,1-7H3,(H,19,20);7,12H,5-6H2,1-4H3,(H,10,11);1H4. The van der Waals surface area contributed by atoms with E-state index in [9.17, 15) is 9.59 Å². The Balaban J connectivity index is -0.000000632. The van der Waals surface area contributed by atoms with Gasteiger partial charge in [0.2, 0.25) is 11.8 Å². The van der Waals surface area contributed by atoms with Gasteiger partial charge in [-0.15, -0.1) is 0 Å².